The molecule has 1 fully saturated rings. The molecule has 8 heteroatoms. The zero-order valence-corrected chi connectivity index (χ0v) is 15.3. The quantitative estimate of drug-likeness (QED) is 0.708. The smallest absolute Gasteiger partial charge is 0.227 e. The van der Waals surface area contributed by atoms with Gasteiger partial charge in [0.25, 0.3) is 0 Å². The number of hydrogen-bond donors (Lipinski definition) is 2. The van der Waals surface area contributed by atoms with Crippen molar-refractivity contribution >= 4 is 29.0 Å². The maximum atomic E-state index is 12.5. The van der Waals surface area contributed by atoms with Crippen LogP contribution < -0.4 is 15.5 Å². The number of carbonyl (C=O) groups excluding carboxylic acids is 1. The summed E-state index contributed by atoms with van der Waals surface area (Å²) in [5.41, 5.74) is 0.840. The van der Waals surface area contributed by atoms with Crippen molar-refractivity contribution in [3.63, 3.8) is 0 Å². The molecule has 3 aromatic rings. The van der Waals surface area contributed by atoms with Crippen molar-refractivity contribution in [3.05, 3.63) is 61.1 Å². The van der Waals surface area contributed by atoms with E-state index >= 15 is 0 Å². The van der Waals surface area contributed by atoms with Gasteiger partial charge in [0.2, 0.25) is 5.91 Å². The number of benzene rings is 1. The van der Waals surface area contributed by atoms with Gasteiger partial charge in [-0.25, -0.2) is 9.97 Å². The number of piperidine rings is 1. The lowest BCUT2D eigenvalue weighted by Gasteiger charge is -2.31. The fourth-order valence-electron chi connectivity index (χ4n) is 3.19. The Kier molecular flexibility index (Phi) is 5.37. The molecule has 1 amide bonds. The Labute approximate surface area is 163 Å². The summed E-state index contributed by atoms with van der Waals surface area (Å²) in [6.45, 7) is 1.56. The molecule has 1 aromatic carbocycles. The van der Waals surface area contributed by atoms with E-state index in [1.807, 2.05) is 42.5 Å². The number of para-hydroxylation sites is 1. The summed E-state index contributed by atoms with van der Waals surface area (Å²) in [5.74, 6) is 2.21. The summed E-state index contributed by atoms with van der Waals surface area (Å²) in [5, 5.41) is 14.6. The van der Waals surface area contributed by atoms with E-state index in [0.29, 0.717) is 11.6 Å². The van der Waals surface area contributed by atoms with Gasteiger partial charge in [0.1, 0.15) is 12.1 Å². The molecular formula is C20H21N7O. The van der Waals surface area contributed by atoms with Gasteiger partial charge >= 0.3 is 0 Å². The molecule has 0 aliphatic carbocycles. The first-order chi connectivity index (χ1) is 13.8. The van der Waals surface area contributed by atoms with Crippen molar-refractivity contribution in [2.45, 2.75) is 12.8 Å². The van der Waals surface area contributed by atoms with Crippen LogP contribution in [0.25, 0.3) is 0 Å². The monoisotopic (exact) mass is 375 g/mol. The third kappa shape index (κ3) is 4.40. The second kappa shape index (κ2) is 8.43. The maximum Gasteiger partial charge on any atom is 0.227 e. The average molecular weight is 375 g/mol. The Hall–Kier alpha value is -3.55. The second-order valence-corrected chi connectivity index (χ2v) is 6.61. The third-order valence-corrected chi connectivity index (χ3v) is 4.72. The fourth-order valence-corrected chi connectivity index (χ4v) is 3.19. The van der Waals surface area contributed by atoms with Crippen molar-refractivity contribution in [2.75, 3.05) is 28.6 Å². The molecule has 3 heterocycles. The molecule has 0 saturated carbocycles. The summed E-state index contributed by atoms with van der Waals surface area (Å²) < 4.78 is 0. The van der Waals surface area contributed by atoms with Crippen LogP contribution in [0, 0.1) is 5.92 Å². The van der Waals surface area contributed by atoms with E-state index in [-0.39, 0.29) is 11.8 Å². The molecule has 0 atom stereocenters. The zero-order chi connectivity index (χ0) is 19.2. The Morgan fingerprint density at radius 1 is 0.964 bits per heavy atom. The average Bonchev–Trinajstić information content (AvgIpc) is 2.76. The van der Waals surface area contributed by atoms with Crippen LogP contribution in [0.15, 0.2) is 61.1 Å². The number of amides is 1. The summed E-state index contributed by atoms with van der Waals surface area (Å²) >= 11 is 0. The molecule has 142 valence electrons. The van der Waals surface area contributed by atoms with Gasteiger partial charge in [0, 0.05) is 30.9 Å². The van der Waals surface area contributed by atoms with Gasteiger partial charge in [0.05, 0.1) is 0 Å². The predicted octanol–water partition coefficient (Wildman–Crippen LogP) is 2.87. The zero-order valence-electron chi connectivity index (χ0n) is 15.3. The van der Waals surface area contributed by atoms with Gasteiger partial charge in [-0.1, -0.05) is 18.2 Å². The van der Waals surface area contributed by atoms with Crippen LogP contribution in [0.2, 0.25) is 0 Å². The summed E-state index contributed by atoms with van der Waals surface area (Å²) in [6, 6.07) is 15.1. The molecule has 1 aliphatic heterocycles. The predicted molar refractivity (Wildman–Crippen MR) is 107 cm³/mol. The summed E-state index contributed by atoms with van der Waals surface area (Å²) in [6.07, 6.45) is 4.72. The highest BCUT2D eigenvalue weighted by molar-refractivity contribution is 5.92. The van der Waals surface area contributed by atoms with Gasteiger partial charge in [-0.05, 0) is 43.2 Å². The van der Waals surface area contributed by atoms with Crippen LogP contribution >= 0.6 is 0 Å². The minimum atomic E-state index is 0.0168. The van der Waals surface area contributed by atoms with Gasteiger partial charge in [-0.3, -0.25) is 4.79 Å². The topological polar surface area (TPSA) is 95.9 Å². The molecule has 1 aliphatic rings. The molecule has 8 nitrogen and oxygen atoms in total. The first-order valence-electron chi connectivity index (χ1n) is 9.25. The normalized spacial score (nSPS) is 14.5. The third-order valence-electron chi connectivity index (χ3n) is 4.72. The van der Waals surface area contributed by atoms with E-state index in [1.165, 1.54) is 6.33 Å². The Bertz CT molecular complexity index is 895. The Balaban J connectivity index is 1.30. The molecule has 4 rings (SSSR count). The molecule has 2 aromatic heterocycles. The van der Waals surface area contributed by atoms with E-state index in [1.54, 1.807) is 12.3 Å². The van der Waals surface area contributed by atoms with Crippen molar-refractivity contribution in [1.82, 2.24) is 20.2 Å². The number of hydrogen-bond acceptors (Lipinski definition) is 7. The van der Waals surface area contributed by atoms with Crippen LogP contribution in [0.1, 0.15) is 12.8 Å². The highest BCUT2D eigenvalue weighted by atomic mass is 16.1. The lowest BCUT2D eigenvalue weighted by Crippen LogP contribution is -2.38. The van der Waals surface area contributed by atoms with Crippen molar-refractivity contribution in [1.29, 1.82) is 0 Å². The SMILES string of the molecule is O=C(Nc1ccccc1)C1CCN(c2ccc(Nc3ccncn3)nn2)CC1. The molecule has 0 spiro atoms. The molecule has 28 heavy (non-hydrogen) atoms. The number of carbonyl (C=O) groups is 1. The van der Waals surface area contributed by atoms with Gasteiger partial charge in [-0.15, -0.1) is 10.2 Å². The molecule has 0 bridgehead atoms. The van der Waals surface area contributed by atoms with Crippen molar-refractivity contribution < 1.29 is 4.79 Å². The highest BCUT2D eigenvalue weighted by Crippen LogP contribution is 2.23. The van der Waals surface area contributed by atoms with Gasteiger partial charge in [-0.2, -0.15) is 0 Å². The lowest BCUT2D eigenvalue weighted by atomic mass is 9.96. The second-order valence-electron chi connectivity index (χ2n) is 6.61. The Morgan fingerprint density at radius 3 is 2.46 bits per heavy atom. The number of rotatable bonds is 5. The van der Waals surface area contributed by atoms with Gasteiger partial charge in [0.15, 0.2) is 11.6 Å². The largest absolute Gasteiger partial charge is 0.355 e. The first kappa shape index (κ1) is 17.8. The molecule has 1 saturated heterocycles. The van der Waals surface area contributed by atoms with E-state index in [9.17, 15) is 4.79 Å². The minimum Gasteiger partial charge on any atom is -0.355 e. The van der Waals surface area contributed by atoms with Crippen LogP contribution in [0.4, 0.5) is 23.1 Å². The number of aromatic nitrogens is 4. The van der Waals surface area contributed by atoms with Crippen LogP contribution in [-0.2, 0) is 4.79 Å². The van der Waals surface area contributed by atoms with Crippen molar-refractivity contribution in [3.8, 4) is 0 Å². The molecule has 2 N–H and O–H groups in total. The van der Waals surface area contributed by atoms with E-state index in [2.05, 4.69) is 35.7 Å². The maximum absolute atomic E-state index is 12.5. The molecular weight excluding hydrogens is 354 g/mol. The molecule has 0 unspecified atom stereocenters. The number of nitrogens with zero attached hydrogens (tertiary/aromatic N) is 5. The first-order valence-corrected chi connectivity index (χ1v) is 9.25. The standard InChI is InChI=1S/C20H21N7O/c28-20(23-16-4-2-1-3-5-16)15-9-12-27(13-10-15)19-7-6-18(25-26-19)24-17-8-11-21-14-22-17/h1-8,11,14-15H,9-10,12-13H2,(H,23,28)(H,21,22,24,25). The van der Waals surface area contributed by atoms with Crippen LogP contribution in [0.5, 0.6) is 0 Å². The lowest BCUT2D eigenvalue weighted by molar-refractivity contribution is -0.120. The number of nitrogens with one attached hydrogen (secondary N) is 2. The number of anilines is 4. The fraction of sp³-hybridized carbons (Fsp3) is 0.250. The summed E-state index contributed by atoms with van der Waals surface area (Å²) in [4.78, 5) is 22.6. The van der Waals surface area contributed by atoms with E-state index < -0.39 is 0 Å². The van der Waals surface area contributed by atoms with E-state index in [4.69, 9.17) is 0 Å². The van der Waals surface area contributed by atoms with E-state index in [0.717, 1.165) is 37.4 Å². The minimum absolute atomic E-state index is 0.0168. The van der Waals surface area contributed by atoms with Crippen LogP contribution in [-0.4, -0.2) is 39.2 Å². The van der Waals surface area contributed by atoms with Crippen LogP contribution in [0.3, 0.4) is 0 Å². The molecule has 0 radical (unpaired) electrons. The Morgan fingerprint density at radius 2 is 1.79 bits per heavy atom. The van der Waals surface area contributed by atoms with Gasteiger partial charge < -0.3 is 15.5 Å². The summed E-state index contributed by atoms with van der Waals surface area (Å²) in [7, 11) is 0. The van der Waals surface area contributed by atoms with Crippen molar-refractivity contribution in [2.24, 2.45) is 5.92 Å². The highest BCUT2D eigenvalue weighted by Gasteiger charge is 2.25.